The molecule has 1 aromatic heterocycles. The van der Waals surface area contributed by atoms with Gasteiger partial charge in [0.05, 0.1) is 6.33 Å². The largest absolute Gasteiger partial charge is 0.320 e. The van der Waals surface area contributed by atoms with Crippen molar-refractivity contribution in [1.82, 2.24) is 9.55 Å². The van der Waals surface area contributed by atoms with Crippen LogP contribution in [-0.2, 0) is 0 Å². The van der Waals surface area contributed by atoms with Gasteiger partial charge in [-0.3, -0.25) is 0 Å². The molecule has 0 spiro atoms. The Kier molecular flexibility index (Phi) is 4.09. The van der Waals surface area contributed by atoms with Crippen LogP contribution in [-0.4, -0.2) is 9.55 Å². The van der Waals surface area contributed by atoms with E-state index >= 15 is 0 Å². The third-order valence-electron chi connectivity index (χ3n) is 2.94. The van der Waals surface area contributed by atoms with Gasteiger partial charge in [-0.1, -0.05) is 53.7 Å². The summed E-state index contributed by atoms with van der Waals surface area (Å²) in [6.07, 6.45) is 5.64. The first-order valence-corrected chi connectivity index (χ1v) is 7.53. The zero-order chi connectivity index (χ0) is 13.8. The van der Waals surface area contributed by atoms with E-state index in [4.69, 9.17) is 11.6 Å². The Balaban J connectivity index is 1.92. The SMILES string of the molecule is Clc1ccc(SC(c2ccccc2)n2ccnc2)cc1. The summed E-state index contributed by atoms with van der Waals surface area (Å²) in [7, 11) is 0. The van der Waals surface area contributed by atoms with Crippen LogP contribution < -0.4 is 0 Å². The van der Waals surface area contributed by atoms with Crippen molar-refractivity contribution in [3.05, 3.63) is 83.9 Å². The van der Waals surface area contributed by atoms with Gasteiger partial charge in [0.2, 0.25) is 0 Å². The molecule has 2 aromatic carbocycles. The average Bonchev–Trinajstić information content (AvgIpc) is 3.01. The van der Waals surface area contributed by atoms with Crippen LogP contribution in [0.1, 0.15) is 10.9 Å². The van der Waals surface area contributed by atoms with Crippen LogP contribution >= 0.6 is 23.4 Å². The minimum atomic E-state index is 0.167. The maximum atomic E-state index is 5.94. The number of halogens is 1. The number of thioether (sulfide) groups is 1. The van der Waals surface area contributed by atoms with E-state index in [2.05, 4.69) is 33.8 Å². The number of aromatic nitrogens is 2. The highest BCUT2D eigenvalue weighted by atomic mass is 35.5. The second-order valence-electron chi connectivity index (χ2n) is 4.34. The van der Waals surface area contributed by atoms with Crippen molar-refractivity contribution < 1.29 is 0 Å². The summed E-state index contributed by atoms with van der Waals surface area (Å²) in [5, 5.41) is 0.924. The lowest BCUT2D eigenvalue weighted by molar-refractivity contribution is 0.775. The third-order valence-corrected chi connectivity index (χ3v) is 4.48. The Morgan fingerprint density at radius 1 is 1.00 bits per heavy atom. The second-order valence-corrected chi connectivity index (χ2v) is 5.93. The smallest absolute Gasteiger partial charge is 0.110 e. The quantitative estimate of drug-likeness (QED) is 0.639. The Bertz CT molecular complexity index is 651. The fourth-order valence-corrected chi connectivity index (χ4v) is 3.19. The van der Waals surface area contributed by atoms with E-state index in [1.807, 2.05) is 42.9 Å². The first kappa shape index (κ1) is 13.3. The van der Waals surface area contributed by atoms with Crippen molar-refractivity contribution in [3.63, 3.8) is 0 Å². The number of hydrogen-bond acceptors (Lipinski definition) is 2. The second kappa shape index (κ2) is 6.16. The van der Waals surface area contributed by atoms with E-state index in [0.717, 1.165) is 5.02 Å². The van der Waals surface area contributed by atoms with Crippen LogP contribution in [0.15, 0.2) is 78.2 Å². The first-order chi connectivity index (χ1) is 9.83. The molecule has 0 saturated carbocycles. The lowest BCUT2D eigenvalue weighted by atomic mass is 10.2. The molecule has 0 fully saturated rings. The summed E-state index contributed by atoms with van der Waals surface area (Å²) < 4.78 is 2.11. The topological polar surface area (TPSA) is 17.8 Å². The van der Waals surface area contributed by atoms with Gasteiger partial charge in [-0.05, 0) is 29.8 Å². The van der Waals surface area contributed by atoms with Crippen molar-refractivity contribution in [1.29, 1.82) is 0 Å². The van der Waals surface area contributed by atoms with Gasteiger partial charge < -0.3 is 4.57 Å². The van der Waals surface area contributed by atoms with E-state index in [1.54, 1.807) is 18.0 Å². The van der Waals surface area contributed by atoms with Crippen LogP contribution in [0.5, 0.6) is 0 Å². The molecule has 0 bridgehead atoms. The fourth-order valence-electron chi connectivity index (χ4n) is 1.97. The van der Waals surface area contributed by atoms with Crippen molar-refractivity contribution in [2.45, 2.75) is 10.3 Å². The summed E-state index contributed by atoms with van der Waals surface area (Å²) in [5.74, 6) is 0. The molecular weight excluding hydrogens is 288 g/mol. The highest BCUT2D eigenvalue weighted by Crippen LogP contribution is 2.36. The molecule has 100 valence electrons. The maximum absolute atomic E-state index is 5.94. The summed E-state index contributed by atoms with van der Waals surface area (Å²) in [4.78, 5) is 5.33. The zero-order valence-corrected chi connectivity index (χ0v) is 12.3. The lowest BCUT2D eigenvalue weighted by Crippen LogP contribution is -2.04. The van der Waals surface area contributed by atoms with E-state index in [9.17, 15) is 0 Å². The molecular formula is C16H13ClN2S. The van der Waals surface area contributed by atoms with Gasteiger partial charge in [0.25, 0.3) is 0 Å². The molecule has 1 heterocycles. The standard InChI is InChI=1S/C16H13ClN2S/c17-14-6-8-15(9-7-14)20-16(19-11-10-18-12-19)13-4-2-1-3-5-13/h1-12,16H. The zero-order valence-electron chi connectivity index (χ0n) is 10.7. The number of imidazole rings is 1. The number of hydrogen-bond donors (Lipinski definition) is 0. The monoisotopic (exact) mass is 300 g/mol. The number of benzene rings is 2. The summed E-state index contributed by atoms with van der Waals surface area (Å²) in [6.45, 7) is 0. The average molecular weight is 301 g/mol. The fraction of sp³-hybridized carbons (Fsp3) is 0.0625. The van der Waals surface area contributed by atoms with Crippen molar-refractivity contribution >= 4 is 23.4 Å². The Labute approximate surface area is 127 Å². The molecule has 1 unspecified atom stereocenters. The molecule has 3 rings (SSSR count). The highest BCUT2D eigenvalue weighted by Gasteiger charge is 2.14. The van der Waals surface area contributed by atoms with E-state index < -0.39 is 0 Å². The molecule has 2 nitrogen and oxygen atoms in total. The van der Waals surface area contributed by atoms with Gasteiger partial charge >= 0.3 is 0 Å². The van der Waals surface area contributed by atoms with E-state index in [-0.39, 0.29) is 5.37 Å². The Morgan fingerprint density at radius 3 is 2.40 bits per heavy atom. The van der Waals surface area contributed by atoms with Crippen LogP contribution in [0.25, 0.3) is 0 Å². The van der Waals surface area contributed by atoms with Gasteiger partial charge in [0.1, 0.15) is 5.37 Å². The molecule has 1 atom stereocenters. The minimum absolute atomic E-state index is 0.167. The van der Waals surface area contributed by atoms with Crippen LogP contribution in [0.2, 0.25) is 5.02 Å². The van der Waals surface area contributed by atoms with Gasteiger partial charge in [0, 0.05) is 22.3 Å². The third kappa shape index (κ3) is 3.06. The van der Waals surface area contributed by atoms with Crippen LogP contribution in [0.4, 0.5) is 0 Å². The van der Waals surface area contributed by atoms with Crippen molar-refractivity contribution in [2.24, 2.45) is 0 Å². The van der Waals surface area contributed by atoms with Crippen molar-refractivity contribution in [2.75, 3.05) is 0 Å². The summed E-state index contributed by atoms with van der Waals surface area (Å²) >= 11 is 7.71. The Hall–Kier alpha value is -1.71. The molecule has 0 saturated heterocycles. The van der Waals surface area contributed by atoms with E-state index in [1.165, 1.54) is 10.5 Å². The van der Waals surface area contributed by atoms with Gasteiger partial charge in [-0.15, -0.1) is 0 Å². The molecule has 0 aliphatic heterocycles. The first-order valence-electron chi connectivity index (χ1n) is 6.27. The molecule has 0 N–H and O–H groups in total. The van der Waals surface area contributed by atoms with Gasteiger partial charge in [-0.25, -0.2) is 4.98 Å². The van der Waals surface area contributed by atoms with Crippen LogP contribution in [0.3, 0.4) is 0 Å². The summed E-state index contributed by atoms with van der Waals surface area (Å²) in [6, 6.07) is 18.3. The molecule has 0 aliphatic carbocycles. The maximum Gasteiger partial charge on any atom is 0.110 e. The Morgan fingerprint density at radius 2 is 1.75 bits per heavy atom. The molecule has 0 amide bonds. The normalized spacial score (nSPS) is 12.2. The molecule has 0 aliphatic rings. The molecule has 20 heavy (non-hydrogen) atoms. The van der Waals surface area contributed by atoms with Gasteiger partial charge in [0.15, 0.2) is 0 Å². The predicted octanol–water partition coefficient (Wildman–Crippen LogP) is 4.88. The lowest BCUT2D eigenvalue weighted by Gasteiger charge is -2.18. The molecule has 0 radical (unpaired) electrons. The van der Waals surface area contributed by atoms with Crippen molar-refractivity contribution in [3.8, 4) is 0 Å². The van der Waals surface area contributed by atoms with Crippen LogP contribution in [0, 0.1) is 0 Å². The predicted molar refractivity (Wildman–Crippen MR) is 84.1 cm³/mol. The molecule has 4 heteroatoms. The highest BCUT2D eigenvalue weighted by molar-refractivity contribution is 7.99. The number of nitrogens with zero attached hydrogens (tertiary/aromatic N) is 2. The molecule has 3 aromatic rings. The van der Waals surface area contributed by atoms with Gasteiger partial charge in [-0.2, -0.15) is 0 Å². The number of rotatable bonds is 4. The minimum Gasteiger partial charge on any atom is -0.320 e. The van der Waals surface area contributed by atoms with E-state index in [0.29, 0.717) is 0 Å². The summed E-state index contributed by atoms with van der Waals surface area (Å²) in [5.41, 5.74) is 1.24.